The van der Waals surface area contributed by atoms with E-state index in [0.29, 0.717) is 5.91 Å². The van der Waals surface area contributed by atoms with Gasteiger partial charge in [0, 0.05) is 41.4 Å². The monoisotopic (exact) mass is 354 g/mol. The summed E-state index contributed by atoms with van der Waals surface area (Å²) in [6.45, 7) is 3.96. The predicted octanol–water partition coefficient (Wildman–Crippen LogP) is 4.53. The van der Waals surface area contributed by atoms with Crippen molar-refractivity contribution in [1.29, 1.82) is 0 Å². The van der Waals surface area contributed by atoms with E-state index in [2.05, 4.69) is 36.1 Å². The lowest BCUT2D eigenvalue weighted by molar-refractivity contribution is -0.123. The van der Waals surface area contributed by atoms with Crippen LogP contribution in [0.3, 0.4) is 0 Å². The first-order valence-electron chi connectivity index (χ1n) is 9.05. The number of amides is 1. The standard InChI is InChI=1S/C21H23ClN2O/c1-15-13-17-5-2-3-8-20(17)24(15)21(25)16-9-11-23(12-10-16)19-7-4-6-18(22)14-19/h2-8,14-16H,9-13H2,1H3. The average molecular weight is 355 g/mol. The first kappa shape index (κ1) is 16.5. The number of para-hydroxylation sites is 1. The lowest BCUT2D eigenvalue weighted by Crippen LogP contribution is -2.44. The molecule has 1 saturated heterocycles. The summed E-state index contributed by atoms with van der Waals surface area (Å²) in [5.74, 6) is 0.409. The first-order valence-corrected chi connectivity index (χ1v) is 9.43. The van der Waals surface area contributed by atoms with Gasteiger partial charge in [-0.15, -0.1) is 0 Å². The Kier molecular flexibility index (Phi) is 4.43. The first-order chi connectivity index (χ1) is 12.1. The highest BCUT2D eigenvalue weighted by Crippen LogP contribution is 2.35. The lowest BCUT2D eigenvalue weighted by Gasteiger charge is -2.35. The van der Waals surface area contributed by atoms with Crippen molar-refractivity contribution < 1.29 is 4.79 Å². The highest BCUT2D eigenvalue weighted by atomic mass is 35.5. The SMILES string of the molecule is CC1Cc2ccccc2N1C(=O)C1CCN(c2cccc(Cl)c2)CC1. The van der Waals surface area contributed by atoms with Gasteiger partial charge in [0.05, 0.1) is 0 Å². The van der Waals surface area contributed by atoms with E-state index < -0.39 is 0 Å². The van der Waals surface area contributed by atoms with E-state index in [9.17, 15) is 4.79 Å². The van der Waals surface area contributed by atoms with Gasteiger partial charge in [-0.05, 0) is 56.0 Å². The third-order valence-corrected chi connectivity index (χ3v) is 5.70. The van der Waals surface area contributed by atoms with Gasteiger partial charge in [-0.2, -0.15) is 0 Å². The van der Waals surface area contributed by atoms with Gasteiger partial charge in [0.2, 0.25) is 5.91 Å². The van der Waals surface area contributed by atoms with E-state index in [1.807, 2.05) is 29.2 Å². The molecule has 0 N–H and O–H groups in total. The Labute approximate surface area is 154 Å². The number of benzene rings is 2. The van der Waals surface area contributed by atoms with Crippen LogP contribution in [0.2, 0.25) is 5.02 Å². The van der Waals surface area contributed by atoms with Gasteiger partial charge in [-0.3, -0.25) is 4.79 Å². The van der Waals surface area contributed by atoms with Crippen LogP contribution in [0.1, 0.15) is 25.3 Å². The van der Waals surface area contributed by atoms with E-state index in [1.54, 1.807) is 0 Å². The zero-order chi connectivity index (χ0) is 17.4. The second kappa shape index (κ2) is 6.72. The smallest absolute Gasteiger partial charge is 0.230 e. The predicted molar refractivity (Wildman–Crippen MR) is 103 cm³/mol. The molecule has 0 radical (unpaired) electrons. The Bertz CT molecular complexity index is 783. The van der Waals surface area contributed by atoms with Crippen LogP contribution in [-0.2, 0) is 11.2 Å². The van der Waals surface area contributed by atoms with Crippen molar-refractivity contribution in [2.45, 2.75) is 32.2 Å². The number of hydrogen-bond donors (Lipinski definition) is 0. The van der Waals surface area contributed by atoms with E-state index in [4.69, 9.17) is 11.6 Å². The van der Waals surface area contributed by atoms with Gasteiger partial charge in [0.1, 0.15) is 0 Å². The fourth-order valence-corrected chi connectivity index (χ4v) is 4.34. The molecule has 2 aliphatic rings. The molecule has 0 spiro atoms. The number of hydrogen-bond acceptors (Lipinski definition) is 2. The average Bonchev–Trinajstić information content (AvgIpc) is 2.97. The third-order valence-electron chi connectivity index (χ3n) is 5.46. The number of nitrogens with zero attached hydrogens (tertiary/aromatic N) is 2. The normalized spacial score (nSPS) is 20.6. The highest BCUT2D eigenvalue weighted by molar-refractivity contribution is 6.30. The molecule has 0 aromatic heterocycles. The Hall–Kier alpha value is -2.00. The Balaban J connectivity index is 1.45. The Morgan fingerprint density at radius 1 is 1.08 bits per heavy atom. The Morgan fingerprint density at radius 3 is 2.60 bits per heavy atom. The summed E-state index contributed by atoms with van der Waals surface area (Å²) in [5, 5.41) is 0.762. The van der Waals surface area contributed by atoms with Crippen molar-refractivity contribution in [2.24, 2.45) is 5.92 Å². The molecule has 1 fully saturated rings. The van der Waals surface area contributed by atoms with Crippen molar-refractivity contribution in [2.75, 3.05) is 22.9 Å². The van der Waals surface area contributed by atoms with Gasteiger partial charge in [-0.25, -0.2) is 0 Å². The summed E-state index contributed by atoms with van der Waals surface area (Å²) in [5.41, 5.74) is 3.55. The minimum Gasteiger partial charge on any atom is -0.371 e. The summed E-state index contributed by atoms with van der Waals surface area (Å²) in [7, 11) is 0. The maximum atomic E-state index is 13.2. The lowest BCUT2D eigenvalue weighted by atomic mass is 9.94. The van der Waals surface area contributed by atoms with Crippen molar-refractivity contribution in [3.05, 3.63) is 59.1 Å². The molecule has 2 aromatic carbocycles. The molecular formula is C21H23ClN2O. The van der Waals surface area contributed by atoms with Gasteiger partial charge in [-0.1, -0.05) is 35.9 Å². The molecule has 1 unspecified atom stereocenters. The minimum absolute atomic E-state index is 0.115. The number of rotatable bonds is 2. The van der Waals surface area contributed by atoms with Crippen LogP contribution in [-0.4, -0.2) is 25.0 Å². The molecule has 2 heterocycles. The maximum Gasteiger partial charge on any atom is 0.230 e. The molecular weight excluding hydrogens is 332 g/mol. The number of carbonyl (C=O) groups excluding carboxylic acids is 1. The van der Waals surface area contributed by atoms with Gasteiger partial charge in [0.25, 0.3) is 0 Å². The third kappa shape index (κ3) is 3.13. The fraction of sp³-hybridized carbons (Fsp3) is 0.381. The van der Waals surface area contributed by atoms with E-state index in [0.717, 1.165) is 48.7 Å². The van der Waals surface area contributed by atoms with Crippen LogP contribution in [0.4, 0.5) is 11.4 Å². The molecule has 2 aliphatic heterocycles. The molecule has 3 nitrogen and oxygen atoms in total. The molecule has 1 atom stereocenters. The second-order valence-electron chi connectivity index (χ2n) is 7.13. The summed E-state index contributed by atoms with van der Waals surface area (Å²) in [6.07, 6.45) is 2.76. The maximum absolute atomic E-state index is 13.2. The Morgan fingerprint density at radius 2 is 1.84 bits per heavy atom. The quantitative estimate of drug-likeness (QED) is 0.790. The molecule has 25 heavy (non-hydrogen) atoms. The fourth-order valence-electron chi connectivity index (χ4n) is 4.16. The van der Waals surface area contributed by atoms with Gasteiger partial charge >= 0.3 is 0 Å². The topological polar surface area (TPSA) is 23.6 Å². The molecule has 130 valence electrons. The van der Waals surface area contributed by atoms with E-state index >= 15 is 0 Å². The van der Waals surface area contributed by atoms with Crippen LogP contribution < -0.4 is 9.80 Å². The van der Waals surface area contributed by atoms with Crippen molar-refractivity contribution in [3.8, 4) is 0 Å². The van der Waals surface area contributed by atoms with Crippen molar-refractivity contribution >= 4 is 28.9 Å². The molecule has 1 amide bonds. The molecule has 4 heteroatoms. The number of piperidine rings is 1. The summed E-state index contributed by atoms with van der Waals surface area (Å²) >= 11 is 6.11. The molecule has 0 aliphatic carbocycles. The molecule has 2 aromatic rings. The summed E-state index contributed by atoms with van der Waals surface area (Å²) in [4.78, 5) is 17.5. The van der Waals surface area contributed by atoms with Crippen LogP contribution in [0.15, 0.2) is 48.5 Å². The summed E-state index contributed by atoms with van der Waals surface area (Å²) in [6, 6.07) is 16.5. The minimum atomic E-state index is 0.115. The molecule has 4 rings (SSSR count). The van der Waals surface area contributed by atoms with E-state index in [-0.39, 0.29) is 12.0 Å². The molecule has 0 saturated carbocycles. The number of anilines is 2. The van der Waals surface area contributed by atoms with Crippen LogP contribution in [0.25, 0.3) is 0 Å². The number of fused-ring (bicyclic) bond motifs is 1. The van der Waals surface area contributed by atoms with Gasteiger partial charge in [0.15, 0.2) is 0 Å². The second-order valence-corrected chi connectivity index (χ2v) is 7.57. The van der Waals surface area contributed by atoms with Crippen LogP contribution in [0, 0.1) is 5.92 Å². The summed E-state index contributed by atoms with van der Waals surface area (Å²) < 4.78 is 0. The molecule has 0 bridgehead atoms. The zero-order valence-electron chi connectivity index (χ0n) is 14.5. The van der Waals surface area contributed by atoms with Crippen LogP contribution >= 0.6 is 11.6 Å². The van der Waals surface area contributed by atoms with Crippen LogP contribution in [0.5, 0.6) is 0 Å². The van der Waals surface area contributed by atoms with E-state index in [1.165, 1.54) is 5.56 Å². The van der Waals surface area contributed by atoms with Crippen molar-refractivity contribution in [3.63, 3.8) is 0 Å². The van der Waals surface area contributed by atoms with Gasteiger partial charge < -0.3 is 9.80 Å². The largest absolute Gasteiger partial charge is 0.371 e. The number of carbonyl (C=O) groups is 1. The highest BCUT2D eigenvalue weighted by Gasteiger charge is 2.35. The number of halogens is 1. The zero-order valence-corrected chi connectivity index (χ0v) is 15.2. The van der Waals surface area contributed by atoms with Crippen molar-refractivity contribution in [1.82, 2.24) is 0 Å².